The van der Waals surface area contributed by atoms with Crippen molar-refractivity contribution in [3.05, 3.63) is 47.5 Å². The van der Waals surface area contributed by atoms with Crippen LogP contribution in [0.4, 0.5) is 5.69 Å². The fourth-order valence-electron chi connectivity index (χ4n) is 4.56. The highest BCUT2D eigenvalue weighted by molar-refractivity contribution is 5.96. The molecule has 3 heterocycles. The van der Waals surface area contributed by atoms with Crippen LogP contribution >= 0.6 is 0 Å². The van der Waals surface area contributed by atoms with E-state index in [0.29, 0.717) is 6.54 Å². The predicted octanol–water partition coefficient (Wildman–Crippen LogP) is 2.45. The van der Waals surface area contributed by atoms with Crippen molar-refractivity contribution < 1.29 is 9.90 Å². The average Bonchev–Trinajstić information content (AvgIpc) is 3.13. The van der Waals surface area contributed by atoms with Gasteiger partial charge in [0.05, 0.1) is 6.54 Å². The second kappa shape index (κ2) is 8.05. The zero-order chi connectivity index (χ0) is 19.7. The minimum atomic E-state index is -0.532. The van der Waals surface area contributed by atoms with Gasteiger partial charge in [0.2, 0.25) is 5.91 Å². The summed E-state index contributed by atoms with van der Waals surface area (Å²) in [5, 5.41) is 10.6. The Morgan fingerprint density at radius 2 is 2.07 bits per heavy atom. The van der Waals surface area contributed by atoms with Gasteiger partial charge in [-0.1, -0.05) is 17.7 Å². The molecule has 1 N–H and O–H groups in total. The van der Waals surface area contributed by atoms with Crippen LogP contribution in [-0.2, 0) is 18.3 Å². The first kappa shape index (κ1) is 19.2. The normalized spacial score (nSPS) is 19.5. The molecule has 1 aromatic carbocycles. The number of imidazole rings is 1. The Kier molecular flexibility index (Phi) is 5.51. The number of anilines is 1. The van der Waals surface area contributed by atoms with Gasteiger partial charge in [-0.15, -0.1) is 0 Å². The number of aromatic nitrogens is 2. The fraction of sp³-hybridized carbons (Fsp3) is 0.545. The summed E-state index contributed by atoms with van der Waals surface area (Å²) in [6, 6.07) is 6.39. The molecule has 150 valence electrons. The van der Waals surface area contributed by atoms with E-state index < -0.39 is 6.10 Å². The fourth-order valence-corrected chi connectivity index (χ4v) is 4.56. The molecule has 0 bridgehead atoms. The van der Waals surface area contributed by atoms with Crippen molar-refractivity contribution in [2.45, 2.75) is 38.7 Å². The summed E-state index contributed by atoms with van der Waals surface area (Å²) in [5.74, 6) is 1.12. The van der Waals surface area contributed by atoms with Gasteiger partial charge in [0, 0.05) is 31.7 Å². The van der Waals surface area contributed by atoms with E-state index in [-0.39, 0.29) is 11.8 Å². The molecule has 28 heavy (non-hydrogen) atoms. The second-order valence-corrected chi connectivity index (χ2v) is 8.24. The van der Waals surface area contributed by atoms with Crippen LogP contribution in [0.1, 0.15) is 42.3 Å². The minimum absolute atomic E-state index is 0.188. The van der Waals surface area contributed by atoms with E-state index in [0.717, 1.165) is 56.8 Å². The van der Waals surface area contributed by atoms with Crippen LogP contribution in [0.2, 0.25) is 0 Å². The Morgan fingerprint density at radius 1 is 1.29 bits per heavy atom. The molecule has 1 fully saturated rings. The Labute approximate surface area is 166 Å². The lowest BCUT2D eigenvalue weighted by molar-refractivity contribution is -0.120. The molecule has 0 saturated carbocycles. The summed E-state index contributed by atoms with van der Waals surface area (Å²) < 4.78 is 1.89. The quantitative estimate of drug-likeness (QED) is 0.882. The van der Waals surface area contributed by atoms with E-state index in [4.69, 9.17) is 0 Å². The average molecular weight is 383 g/mol. The summed E-state index contributed by atoms with van der Waals surface area (Å²) in [6.45, 7) is 5.05. The third kappa shape index (κ3) is 3.84. The van der Waals surface area contributed by atoms with Crippen LogP contribution in [0.15, 0.2) is 30.6 Å². The molecule has 2 aliphatic rings. The van der Waals surface area contributed by atoms with Crippen molar-refractivity contribution >= 4 is 11.6 Å². The number of benzene rings is 1. The molecule has 4 rings (SSSR count). The number of piperidine rings is 1. The van der Waals surface area contributed by atoms with E-state index >= 15 is 0 Å². The van der Waals surface area contributed by atoms with Crippen molar-refractivity contribution in [3.63, 3.8) is 0 Å². The van der Waals surface area contributed by atoms with Gasteiger partial charge in [0.25, 0.3) is 0 Å². The predicted molar refractivity (Wildman–Crippen MR) is 109 cm³/mol. The Hall–Kier alpha value is -2.18. The first-order chi connectivity index (χ1) is 13.5. The van der Waals surface area contributed by atoms with Crippen molar-refractivity contribution in [1.29, 1.82) is 0 Å². The maximum absolute atomic E-state index is 13.0. The Bertz CT molecular complexity index is 839. The first-order valence-electron chi connectivity index (χ1n) is 10.3. The number of carbonyl (C=O) groups excluding carboxylic acids is 1. The van der Waals surface area contributed by atoms with Crippen LogP contribution in [0.5, 0.6) is 0 Å². The molecule has 2 aromatic rings. The van der Waals surface area contributed by atoms with E-state index in [9.17, 15) is 9.90 Å². The number of nitrogens with zero attached hydrogens (tertiary/aromatic N) is 4. The molecule has 2 aliphatic heterocycles. The maximum atomic E-state index is 13.0. The first-order valence-corrected chi connectivity index (χ1v) is 10.3. The lowest BCUT2D eigenvalue weighted by Gasteiger charge is -2.36. The van der Waals surface area contributed by atoms with Gasteiger partial charge in [-0.3, -0.25) is 9.69 Å². The topological polar surface area (TPSA) is 61.6 Å². The number of likely N-dealkylation sites (tertiary alicyclic amines) is 1. The number of amides is 1. The highest BCUT2D eigenvalue weighted by Gasteiger charge is 2.30. The van der Waals surface area contributed by atoms with Gasteiger partial charge in [0.15, 0.2) is 0 Å². The molecule has 1 atom stereocenters. The van der Waals surface area contributed by atoms with E-state index in [2.05, 4.69) is 35.0 Å². The molecule has 0 radical (unpaired) electrons. The largest absolute Gasteiger partial charge is 0.385 e. The SMILES string of the molecule is Cc1ccc2c(c1)CCCN2C(=O)CN1CCC([C@H](O)c2nccn2C)CC1. The Morgan fingerprint density at radius 3 is 2.79 bits per heavy atom. The highest BCUT2D eigenvalue weighted by Crippen LogP contribution is 2.31. The summed E-state index contributed by atoms with van der Waals surface area (Å²) in [5.41, 5.74) is 3.62. The standard InChI is InChI=1S/C22H30N4O2/c1-16-5-6-19-18(14-16)4-3-10-26(19)20(27)15-25-11-7-17(8-12-25)21(28)22-23-9-13-24(22)2/h5-6,9,13-14,17,21,28H,3-4,7-8,10-12,15H2,1-2H3/t21-/m0/s1. The number of hydrogen-bond acceptors (Lipinski definition) is 4. The van der Waals surface area contributed by atoms with Gasteiger partial charge in [-0.25, -0.2) is 4.98 Å². The van der Waals surface area contributed by atoms with Crippen LogP contribution < -0.4 is 4.90 Å². The molecule has 6 heteroatoms. The van der Waals surface area contributed by atoms with Crippen LogP contribution in [0.25, 0.3) is 0 Å². The van der Waals surface area contributed by atoms with Crippen LogP contribution in [0.3, 0.4) is 0 Å². The van der Waals surface area contributed by atoms with Gasteiger partial charge in [0.1, 0.15) is 11.9 Å². The molecule has 1 saturated heterocycles. The van der Waals surface area contributed by atoms with Crippen molar-refractivity contribution in [2.24, 2.45) is 13.0 Å². The molecular formula is C22H30N4O2. The number of aliphatic hydroxyl groups is 1. The van der Waals surface area contributed by atoms with Gasteiger partial charge in [-0.2, -0.15) is 0 Å². The lowest BCUT2D eigenvalue weighted by Crippen LogP contribution is -2.45. The molecule has 1 aromatic heterocycles. The monoisotopic (exact) mass is 382 g/mol. The van der Waals surface area contributed by atoms with E-state index in [1.165, 1.54) is 11.1 Å². The summed E-state index contributed by atoms with van der Waals surface area (Å²) >= 11 is 0. The zero-order valence-corrected chi connectivity index (χ0v) is 16.8. The van der Waals surface area contributed by atoms with Gasteiger partial charge >= 0.3 is 0 Å². The highest BCUT2D eigenvalue weighted by atomic mass is 16.3. The van der Waals surface area contributed by atoms with Gasteiger partial charge in [-0.05, 0) is 63.2 Å². The van der Waals surface area contributed by atoms with Crippen molar-refractivity contribution in [1.82, 2.24) is 14.5 Å². The summed E-state index contributed by atoms with van der Waals surface area (Å²) in [4.78, 5) is 21.5. The summed E-state index contributed by atoms with van der Waals surface area (Å²) in [6.07, 6.45) is 6.91. The Balaban J connectivity index is 1.34. The van der Waals surface area contributed by atoms with Crippen molar-refractivity contribution in [2.75, 3.05) is 31.1 Å². The number of aryl methyl sites for hydroxylation is 3. The minimum Gasteiger partial charge on any atom is -0.385 e. The number of rotatable bonds is 4. The van der Waals surface area contributed by atoms with Crippen LogP contribution in [0, 0.1) is 12.8 Å². The third-order valence-corrected chi connectivity index (χ3v) is 6.22. The molecule has 0 spiro atoms. The molecule has 6 nitrogen and oxygen atoms in total. The second-order valence-electron chi connectivity index (χ2n) is 8.24. The number of carbonyl (C=O) groups is 1. The molecule has 0 aliphatic carbocycles. The van der Waals surface area contributed by atoms with E-state index in [1.54, 1.807) is 6.20 Å². The van der Waals surface area contributed by atoms with Gasteiger partial charge < -0.3 is 14.6 Å². The number of fused-ring (bicyclic) bond motifs is 1. The smallest absolute Gasteiger partial charge is 0.241 e. The summed E-state index contributed by atoms with van der Waals surface area (Å²) in [7, 11) is 1.91. The maximum Gasteiger partial charge on any atom is 0.241 e. The number of hydrogen-bond donors (Lipinski definition) is 1. The third-order valence-electron chi connectivity index (χ3n) is 6.22. The molecule has 0 unspecified atom stereocenters. The molecular weight excluding hydrogens is 352 g/mol. The van der Waals surface area contributed by atoms with E-state index in [1.807, 2.05) is 22.7 Å². The lowest BCUT2D eigenvalue weighted by atomic mass is 9.90. The number of aliphatic hydroxyl groups excluding tert-OH is 1. The molecule has 1 amide bonds. The zero-order valence-electron chi connectivity index (χ0n) is 16.8. The van der Waals surface area contributed by atoms with Crippen molar-refractivity contribution in [3.8, 4) is 0 Å². The van der Waals surface area contributed by atoms with Crippen LogP contribution in [-0.4, -0.2) is 51.6 Å².